The molecule has 3 nitrogen and oxygen atoms in total. The molecule has 130 valence electrons. The number of halogens is 1. The fraction of sp³-hybridized carbons (Fsp3) is 0.211. The lowest BCUT2D eigenvalue weighted by Gasteiger charge is -2.16. The Balaban J connectivity index is 1.96. The van der Waals surface area contributed by atoms with E-state index < -0.39 is 17.1 Å². The Morgan fingerprint density at radius 1 is 1.32 bits per heavy atom. The van der Waals surface area contributed by atoms with E-state index in [1.165, 1.54) is 23.9 Å². The van der Waals surface area contributed by atoms with Crippen molar-refractivity contribution in [3.63, 3.8) is 0 Å². The molecule has 0 radical (unpaired) electrons. The summed E-state index contributed by atoms with van der Waals surface area (Å²) in [6, 6.07) is 10.2. The summed E-state index contributed by atoms with van der Waals surface area (Å²) in [7, 11) is 0. The molecular formula is C19H17FO3S2. The van der Waals surface area contributed by atoms with Crippen LogP contribution in [0.5, 0.6) is 0 Å². The standard InChI is InChI=1S/C19H17FO3S2/c1-11-7-12-8-13(20)9-17(19(12)16(11)10-18(21)22)24-14-3-5-15(6-4-14)25(2)23/h3-9,16H,10H2,1-2H3,(H,21,22). The second kappa shape index (κ2) is 7.23. The van der Waals surface area contributed by atoms with E-state index >= 15 is 0 Å². The van der Waals surface area contributed by atoms with E-state index in [0.717, 1.165) is 31.4 Å². The van der Waals surface area contributed by atoms with E-state index in [-0.39, 0.29) is 18.2 Å². The highest BCUT2D eigenvalue weighted by Crippen LogP contribution is 2.45. The Hall–Kier alpha value is -1.76. The van der Waals surface area contributed by atoms with Crippen LogP contribution in [-0.2, 0) is 16.0 Å². The average molecular weight is 376 g/mol. The van der Waals surface area contributed by atoms with Crippen molar-refractivity contribution in [3.8, 4) is 0 Å². The Bertz CT molecular complexity index is 844. The van der Waals surface area contributed by atoms with E-state index in [2.05, 4.69) is 0 Å². The third-order valence-electron chi connectivity index (χ3n) is 4.18. The van der Waals surface area contributed by atoms with Gasteiger partial charge in [-0.3, -0.25) is 4.79 Å². The summed E-state index contributed by atoms with van der Waals surface area (Å²) in [5.41, 5.74) is 2.55. The van der Waals surface area contributed by atoms with Crippen LogP contribution < -0.4 is 0 Å². The first-order valence-electron chi connectivity index (χ1n) is 7.70. The molecule has 0 bridgehead atoms. The number of rotatable bonds is 5. The van der Waals surface area contributed by atoms with Gasteiger partial charge in [0.1, 0.15) is 12.1 Å². The van der Waals surface area contributed by atoms with Crippen LogP contribution in [0.2, 0.25) is 0 Å². The zero-order valence-corrected chi connectivity index (χ0v) is 15.4. The van der Waals surface area contributed by atoms with Crippen molar-refractivity contribution >= 4 is 35.0 Å². The minimum Gasteiger partial charge on any atom is -0.612 e. The van der Waals surface area contributed by atoms with Gasteiger partial charge in [-0.1, -0.05) is 23.4 Å². The molecule has 0 aromatic heterocycles. The number of carboxylic acid groups (broad SMARTS) is 1. The smallest absolute Gasteiger partial charge is 0.304 e. The molecule has 0 amide bonds. The summed E-state index contributed by atoms with van der Waals surface area (Å²) < 4.78 is 25.5. The molecule has 0 heterocycles. The molecule has 25 heavy (non-hydrogen) atoms. The van der Waals surface area contributed by atoms with Gasteiger partial charge in [-0.15, -0.1) is 0 Å². The van der Waals surface area contributed by atoms with Crippen LogP contribution in [0.3, 0.4) is 0 Å². The molecule has 1 aliphatic carbocycles. The zero-order chi connectivity index (χ0) is 18.1. The number of hydrogen-bond donors (Lipinski definition) is 1. The number of allylic oxidation sites excluding steroid dienone is 1. The van der Waals surface area contributed by atoms with E-state index in [9.17, 15) is 18.8 Å². The molecule has 2 aromatic rings. The lowest BCUT2D eigenvalue weighted by molar-refractivity contribution is -0.137. The molecule has 6 heteroatoms. The minimum atomic E-state index is -1.05. The summed E-state index contributed by atoms with van der Waals surface area (Å²) >= 11 is 0.348. The van der Waals surface area contributed by atoms with Crippen LogP contribution in [-0.4, -0.2) is 21.9 Å². The van der Waals surface area contributed by atoms with Gasteiger partial charge >= 0.3 is 5.97 Å². The minimum absolute atomic E-state index is 0.0116. The highest BCUT2D eigenvalue weighted by molar-refractivity contribution is 7.99. The third-order valence-corrected chi connectivity index (χ3v) is 6.18. The van der Waals surface area contributed by atoms with E-state index in [1.54, 1.807) is 18.4 Å². The Kier molecular flexibility index (Phi) is 5.22. The third kappa shape index (κ3) is 3.92. The van der Waals surface area contributed by atoms with Gasteiger partial charge in [0.05, 0.1) is 6.42 Å². The molecular weight excluding hydrogens is 359 g/mol. The van der Waals surface area contributed by atoms with Crippen LogP contribution in [0.4, 0.5) is 4.39 Å². The lowest BCUT2D eigenvalue weighted by atomic mass is 9.93. The molecule has 0 spiro atoms. The van der Waals surface area contributed by atoms with Crippen molar-refractivity contribution in [2.45, 2.75) is 33.9 Å². The predicted molar refractivity (Wildman–Crippen MR) is 97.9 cm³/mol. The molecule has 2 aromatic carbocycles. The van der Waals surface area contributed by atoms with Gasteiger partial charge in [-0.2, -0.15) is 0 Å². The van der Waals surface area contributed by atoms with Crippen molar-refractivity contribution in [3.05, 3.63) is 58.9 Å². The summed E-state index contributed by atoms with van der Waals surface area (Å²) in [5, 5.41) is 9.20. The van der Waals surface area contributed by atoms with Gasteiger partial charge in [-0.25, -0.2) is 4.39 Å². The van der Waals surface area contributed by atoms with Gasteiger partial charge in [0.25, 0.3) is 0 Å². The topological polar surface area (TPSA) is 60.4 Å². The van der Waals surface area contributed by atoms with Gasteiger partial charge in [0, 0.05) is 15.7 Å². The first-order chi connectivity index (χ1) is 11.8. The second-order valence-electron chi connectivity index (χ2n) is 5.97. The first kappa shape index (κ1) is 18.0. The SMILES string of the molecule is CC1=Cc2cc(F)cc(Sc3ccc([S+](C)[O-])cc3)c2C1CC(=O)O. The maximum absolute atomic E-state index is 14.0. The van der Waals surface area contributed by atoms with Crippen molar-refractivity contribution < 1.29 is 18.8 Å². The predicted octanol–water partition coefficient (Wildman–Crippen LogP) is 4.69. The van der Waals surface area contributed by atoms with Crippen LogP contribution in [0.1, 0.15) is 30.4 Å². The van der Waals surface area contributed by atoms with Gasteiger partial charge < -0.3 is 9.66 Å². The van der Waals surface area contributed by atoms with Crippen LogP contribution >= 0.6 is 11.8 Å². The number of carbonyl (C=O) groups is 1. The van der Waals surface area contributed by atoms with Gasteiger partial charge in [0.2, 0.25) is 0 Å². The zero-order valence-electron chi connectivity index (χ0n) is 13.8. The highest BCUT2D eigenvalue weighted by atomic mass is 32.2. The van der Waals surface area contributed by atoms with Gasteiger partial charge in [-0.05, 0) is 65.6 Å². The highest BCUT2D eigenvalue weighted by Gasteiger charge is 2.28. The van der Waals surface area contributed by atoms with Crippen molar-refractivity contribution in [1.82, 2.24) is 0 Å². The van der Waals surface area contributed by atoms with Crippen molar-refractivity contribution in [1.29, 1.82) is 0 Å². The fourth-order valence-corrected chi connectivity index (χ4v) is 4.61. The molecule has 2 unspecified atom stereocenters. The summed E-state index contributed by atoms with van der Waals surface area (Å²) in [6.45, 7) is 1.88. The number of fused-ring (bicyclic) bond motifs is 1. The van der Waals surface area contributed by atoms with Crippen LogP contribution in [0.25, 0.3) is 6.08 Å². The number of benzene rings is 2. The second-order valence-corrected chi connectivity index (χ2v) is 8.47. The lowest BCUT2D eigenvalue weighted by Crippen LogP contribution is -2.07. The molecule has 0 fully saturated rings. The number of hydrogen-bond acceptors (Lipinski definition) is 3. The van der Waals surface area contributed by atoms with E-state index in [4.69, 9.17) is 0 Å². The fourth-order valence-electron chi connectivity index (χ4n) is 3.03. The van der Waals surface area contributed by atoms with E-state index in [1.807, 2.05) is 25.1 Å². The molecule has 2 atom stereocenters. The summed E-state index contributed by atoms with van der Waals surface area (Å²) in [6.07, 6.45) is 3.47. The van der Waals surface area contributed by atoms with Crippen molar-refractivity contribution in [2.75, 3.05) is 6.26 Å². The number of carboxylic acids is 1. The van der Waals surface area contributed by atoms with Crippen molar-refractivity contribution in [2.24, 2.45) is 0 Å². The monoisotopic (exact) mass is 376 g/mol. The molecule has 1 aliphatic rings. The molecule has 0 saturated carbocycles. The normalized spacial score (nSPS) is 17.1. The maximum atomic E-state index is 14.0. The maximum Gasteiger partial charge on any atom is 0.304 e. The Morgan fingerprint density at radius 3 is 2.60 bits per heavy atom. The van der Waals surface area contributed by atoms with Crippen LogP contribution in [0, 0.1) is 5.82 Å². The van der Waals surface area contributed by atoms with Crippen LogP contribution in [0.15, 0.2) is 56.7 Å². The largest absolute Gasteiger partial charge is 0.612 e. The molecule has 3 rings (SSSR count). The molecule has 0 aliphatic heterocycles. The Morgan fingerprint density at radius 2 is 2.00 bits per heavy atom. The molecule has 1 N–H and O–H groups in total. The average Bonchev–Trinajstić information content (AvgIpc) is 2.82. The quantitative estimate of drug-likeness (QED) is 0.769. The summed E-state index contributed by atoms with van der Waals surface area (Å²) in [4.78, 5) is 13.6. The van der Waals surface area contributed by atoms with E-state index in [0.29, 0.717) is 0 Å². The molecule has 0 saturated heterocycles. The summed E-state index contributed by atoms with van der Waals surface area (Å²) in [5.74, 6) is -1.45. The van der Waals surface area contributed by atoms with Gasteiger partial charge in [0.15, 0.2) is 4.90 Å². The Labute approximate surface area is 153 Å². The first-order valence-corrected chi connectivity index (χ1v) is 10.1. The number of aliphatic carboxylic acids is 1.